The summed E-state index contributed by atoms with van der Waals surface area (Å²) in [6.07, 6.45) is 19.1. The zero-order valence-electron chi connectivity index (χ0n) is 22.3. The van der Waals surface area contributed by atoms with E-state index < -0.39 is 0 Å². The van der Waals surface area contributed by atoms with Gasteiger partial charge in [0.15, 0.2) is 6.26 Å². The van der Waals surface area contributed by atoms with Crippen LogP contribution in [0.15, 0.2) is 72.2 Å². The first-order valence-electron chi connectivity index (χ1n) is 14.3. The maximum atomic E-state index is 13.7. The van der Waals surface area contributed by atoms with E-state index in [4.69, 9.17) is 9.47 Å². The van der Waals surface area contributed by atoms with Crippen LogP contribution in [0.5, 0.6) is 0 Å². The van der Waals surface area contributed by atoms with Gasteiger partial charge in [0.25, 0.3) is 0 Å². The molecule has 0 amide bonds. The molecule has 5 rings (SSSR count). The number of allylic oxidation sites excluding steroid dienone is 4. The molecule has 0 bridgehead atoms. The Kier molecular flexibility index (Phi) is 8.98. The fourth-order valence-electron chi connectivity index (χ4n) is 6.09. The van der Waals surface area contributed by atoms with Crippen molar-refractivity contribution < 1.29 is 14.3 Å². The number of ketones is 1. The molecule has 0 aromatic heterocycles. The molecule has 1 saturated carbocycles. The van der Waals surface area contributed by atoms with Gasteiger partial charge < -0.3 is 14.4 Å². The molecule has 2 aliphatic carbocycles. The molecule has 6 nitrogen and oxygen atoms in total. The molecule has 1 unspecified atom stereocenters. The third-order valence-corrected chi connectivity index (χ3v) is 8.35. The number of hydrogen-bond donors (Lipinski definition) is 0. The quantitative estimate of drug-likeness (QED) is 0.394. The highest BCUT2D eigenvalue weighted by Crippen LogP contribution is 2.34. The van der Waals surface area contributed by atoms with Crippen LogP contribution in [0.1, 0.15) is 74.8 Å². The van der Waals surface area contributed by atoms with Crippen molar-refractivity contribution in [1.29, 1.82) is 5.26 Å². The molecular formula is C32H39N3O3. The summed E-state index contributed by atoms with van der Waals surface area (Å²) in [5.41, 5.74) is 2.91. The fraction of sp³-hybridized carbons (Fsp3) is 0.500. The number of carbonyl (C=O) groups is 1. The lowest BCUT2D eigenvalue weighted by Crippen LogP contribution is -2.46. The molecule has 2 heterocycles. The first-order valence-corrected chi connectivity index (χ1v) is 14.3. The molecule has 200 valence electrons. The third kappa shape index (κ3) is 6.57. The number of benzene rings is 1. The van der Waals surface area contributed by atoms with Crippen molar-refractivity contribution in [2.24, 2.45) is 5.92 Å². The predicted molar refractivity (Wildman–Crippen MR) is 148 cm³/mol. The van der Waals surface area contributed by atoms with E-state index in [1.165, 1.54) is 12.0 Å². The third-order valence-electron chi connectivity index (χ3n) is 8.35. The van der Waals surface area contributed by atoms with Crippen LogP contribution >= 0.6 is 0 Å². The number of hydrogen-bond acceptors (Lipinski definition) is 6. The number of nitriles is 1. The zero-order valence-corrected chi connectivity index (χ0v) is 22.3. The molecule has 2 fully saturated rings. The zero-order chi connectivity index (χ0) is 26.2. The molecule has 0 spiro atoms. The largest absolute Gasteiger partial charge is 0.460 e. The summed E-state index contributed by atoms with van der Waals surface area (Å²) in [6, 6.07) is 10.00. The standard InChI is InChI=1S/C32H39N3O3/c33-22-27-13-7-8-14-29(27)30(32(36)26-11-5-2-6-12-26)15-16-34-17-19-35(20-18-34)31-24-37-28(23-38-31)21-25-9-3-1-4-10-25/h1,3,7-9,13-14,23-24,26,30H,2,4-6,10-12,15-21H2. The summed E-state index contributed by atoms with van der Waals surface area (Å²) in [5, 5.41) is 9.71. The SMILES string of the molecule is N#Cc1ccccc1C(CCN1CCN(C2=COC(CC3=CC=CCC3)=CO2)CC1)C(=O)C1CCCCC1. The second kappa shape index (κ2) is 13.0. The summed E-state index contributed by atoms with van der Waals surface area (Å²) in [6.45, 7) is 4.36. The first-order chi connectivity index (χ1) is 18.7. The number of nitrogens with zero attached hydrogens (tertiary/aromatic N) is 3. The van der Waals surface area contributed by atoms with E-state index in [1.54, 1.807) is 12.5 Å². The number of piperazine rings is 1. The van der Waals surface area contributed by atoms with Crippen LogP contribution in [0.2, 0.25) is 0 Å². The van der Waals surface area contributed by atoms with Crippen LogP contribution in [-0.2, 0) is 14.3 Å². The van der Waals surface area contributed by atoms with Crippen molar-refractivity contribution in [3.63, 3.8) is 0 Å². The number of carbonyl (C=O) groups excluding carboxylic acids is 1. The van der Waals surface area contributed by atoms with Crippen molar-refractivity contribution in [3.05, 3.63) is 83.4 Å². The van der Waals surface area contributed by atoms with Crippen molar-refractivity contribution in [3.8, 4) is 6.07 Å². The highest BCUT2D eigenvalue weighted by Gasteiger charge is 2.31. The Morgan fingerprint density at radius 1 is 1.05 bits per heavy atom. The van der Waals surface area contributed by atoms with E-state index in [1.807, 2.05) is 24.3 Å². The first kappa shape index (κ1) is 26.3. The van der Waals surface area contributed by atoms with Gasteiger partial charge in [0, 0.05) is 44.4 Å². The molecule has 0 radical (unpaired) electrons. The van der Waals surface area contributed by atoms with Gasteiger partial charge in [-0.2, -0.15) is 5.26 Å². The molecule has 0 N–H and O–H groups in total. The number of rotatable bonds is 9. The summed E-state index contributed by atoms with van der Waals surface area (Å²) in [5.74, 6) is 1.88. The fourth-order valence-corrected chi connectivity index (χ4v) is 6.09. The molecular weight excluding hydrogens is 474 g/mol. The highest BCUT2D eigenvalue weighted by molar-refractivity contribution is 5.88. The van der Waals surface area contributed by atoms with Crippen LogP contribution in [0.4, 0.5) is 0 Å². The van der Waals surface area contributed by atoms with Gasteiger partial charge in [0.1, 0.15) is 17.8 Å². The summed E-state index contributed by atoms with van der Waals surface area (Å²) < 4.78 is 11.8. The molecule has 38 heavy (non-hydrogen) atoms. The smallest absolute Gasteiger partial charge is 0.231 e. The van der Waals surface area contributed by atoms with Crippen LogP contribution in [-0.4, -0.2) is 48.3 Å². The normalized spacial score (nSPS) is 21.3. The Hall–Kier alpha value is -3.30. The van der Waals surface area contributed by atoms with Gasteiger partial charge in [-0.1, -0.05) is 61.3 Å². The number of Topliss-reactive ketones (excluding diaryl/α,β-unsaturated/α-hetero) is 1. The van der Waals surface area contributed by atoms with E-state index in [9.17, 15) is 10.1 Å². The Morgan fingerprint density at radius 3 is 2.58 bits per heavy atom. The highest BCUT2D eigenvalue weighted by atomic mass is 16.6. The lowest BCUT2D eigenvalue weighted by atomic mass is 9.77. The van der Waals surface area contributed by atoms with E-state index in [0.29, 0.717) is 11.3 Å². The van der Waals surface area contributed by atoms with Gasteiger partial charge in [-0.3, -0.25) is 9.69 Å². The maximum absolute atomic E-state index is 13.7. The predicted octanol–water partition coefficient (Wildman–Crippen LogP) is 6.15. The molecule has 2 aliphatic heterocycles. The second-order valence-corrected chi connectivity index (χ2v) is 10.9. The molecule has 4 aliphatic rings. The van der Waals surface area contributed by atoms with Gasteiger partial charge in [-0.25, -0.2) is 0 Å². The molecule has 1 atom stereocenters. The summed E-state index contributed by atoms with van der Waals surface area (Å²) in [7, 11) is 0. The Balaban J connectivity index is 1.14. The number of ether oxygens (including phenoxy) is 2. The minimum absolute atomic E-state index is 0.136. The van der Waals surface area contributed by atoms with E-state index in [-0.39, 0.29) is 11.8 Å². The molecule has 1 aromatic rings. The van der Waals surface area contributed by atoms with Gasteiger partial charge >= 0.3 is 0 Å². The van der Waals surface area contributed by atoms with E-state index in [2.05, 4.69) is 34.1 Å². The molecule has 1 aromatic carbocycles. The van der Waals surface area contributed by atoms with Crippen molar-refractivity contribution in [2.45, 2.75) is 63.7 Å². The van der Waals surface area contributed by atoms with Crippen LogP contribution in [0, 0.1) is 17.2 Å². The minimum atomic E-state index is -0.205. The van der Waals surface area contributed by atoms with Crippen LogP contribution in [0.3, 0.4) is 0 Å². The lowest BCUT2D eigenvalue weighted by molar-refractivity contribution is -0.125. The molecule has 1 saturated heterocycles. The van der Waals surface area contributed by atoms with E-state index >= 15 is 0 Å². The van der Waals surface area contributed by atoms with Crippen molar-refractivity contribution in [1.82, 2.24) is 9.80 Å². The average molecular weight is 514 g/mol. The summed E-state index contributed by atoms with van der Waals surface area (Å²) >= 11 is 0. The Labute approximate surface area is 226 Å². The second-order valence-electron chi connectivity index (χ2n) is 10.9. The minimum Gasteiger partial charge on any atom is -0.460 e. The van der Waals surface area contributed by atoms with Gasteiger partial charge in [0.05, 0.1) is 11.6 Å². The van der Waals surface area contributed by atoms with Crippen LogP contribution < -0.4 is 0 Å². The Bertz CT molecular complexity index is 1140. The Morgan fingerprint density at radius 2 is 1.87 bits per heavy atom. The average Bonchev–Trinajstić information content (AvgIpc) is 2.99. The monoisotopic (exact) mass is 513 g/mol. The van der Waals surface area contributed by atoms with Crippen LogP contribution in [0.25, 0.3) is 0 Å². The summed E-state index contributed by atoms with van der Waals surface area (Å²) in [4.78, 5) is 18.3. The lowest BCUT2D eigenvalue weighted by Gasteiger charge is -2.37. The van der Waals surface area contributed by atoms with E-state index in [0.717, 1.165) is 101 Å². The van der Waals surface area contributed by atoms with Crippen molar-refractivity contribution in [2.75, 3.05) is 32.7 Å². The topological polar surface area (TPSA) is 65.8 Å². The molecule has 6 heteroatoms. The van der Waals surface area contributed by atoms with Gasteiger partial charge in [-0.15, -0.1) is 0 Å². The van der Waals surface area contributed by atoms with Crippen molar-refractivity contribution >= 4 is 5.78 Å². The van der Waals surface area contributed by atoms with Gasteiger partial charge in [0.2, 0.25) is 5.88 Å². The maximum Gasteiger partial charge on any atom is 0.231 e. The van der Waals surface area contributed by atoms with Gasteiger partial charge in [-0.05, 0) is 50.3 Å².